The van der Waals surface area contributed by atoms with Crippen LogP contribution in [0.1, 0.15) is 13.3 Å². The Labute approximate surface area is 197 Å². The topological polar surface area (TPSA) is 133 Å². The maximum Gasteiger partial charge on any atom is 0.238 e. The molecule has 0 saturated heterocycles. The summed E-state index contributed by atoms with van der Waals surface area (Å²) in [5, 5.41) is 17.4. The van der Waals surface area contributed by atoms with Gasteiger partial charge < -0.3 is 9.88 Å². The summed E-state index contributed by atoms with van der Waals surface area (Å²) in [6.45, 7) is 1.89. The number of anilines is 1. The van der Waals surface area contributed by atoms with E-state index in [0.29, 0.717) is 28.4 Å². The minimum atomic E-state index is -3.79. The fourth-order valence-electron chi connectivity index (χ4n) is 3.27. The van der Waals surface area contributed by atoms with Crippen LogP contribution in [0.4, 0.5) is 5.69 Å². The van der Waals surface area contributed by atoms with Gasteiger partial charge in [0.1, 0.15) is 5.52 Å². The van der Waals surface area contributed by atoms with Crippen molar-refractivity contribution in [2.45, 2.75) is 28.6 Å². The van der Waals surface area contributed by atoms with E-state index in [1.807, 2.05) is 36.7 Å². The van der Waals surface area contributed by atoms with E-state index in [4.69, 9.17) is 5.14 Å². The summed E-state index contributed by atoms with van der Waals surface area (Å²) in [7, 11) is -1.87. The Hall–Kier alpha value is -2.54. The first-order chi connectivity index (χ1) is 15.2. The normalized spacial score (nSPS) is 12.9. The van der Waals surface area contributed by atoms with Crippen molar-refractivity contribution in [3.8, 4) is 0 Å². The standard InChI is InChI=1S/C20H19BrN6O3S2/c1-3-16(19(28)23-12-5-7-13(8-6-12)32(22,29)30)31-20-24-18-17(25-26-20)14-10-11(21)4-9-15(14)27(18)2/h4-10,16H,3H2,1-2H3,(H,23,28)(H2,22,29,30)/t16-/m0/s1. The second kappa shape index (κ2) is 8.77. The van der Waals surface area contributed by atoms with Crippen LogP contribution >= 0.6 is 27.7 Å². The van der Waals surface area contributed by atoms with Crippen molar-refractivity contribution in [1.29, 1.82) is 0 Å². The van der Waals surface area contributed by atoms with Gasteiger partial charge in [-0.2, -0.15) is 0 Å². The van der Waals surface area contributed by atoms with Crippen LogP contribution in [0.3, 0.4) is 0 Å². The number of benzene rings is 2. The molecule has 9 nitrogen and oxygen atoms in total. The lowest BCUT2D eigenvalue weighted by atomic mass is 10.2. The highest BCUT2D eigenvalue weighted by Gasteiger charge is 2.21. The molecule has 2 aromatic carbocycles. The van der Waals surface area contributed by atoms with Gasteiger partial charge in [0.15, 0.2) is 5.65 Å². The fourth-order valence-corrected chi connectivity index (χ4v) is 4.96. The average Bonchev–Trinajstić information content (AvgIpc) is 3.02. The second-order valence-corrected chi connectivity index (χ2v) is 10.7. The van der Waals surface area contributed by atoms with Crippen LogP contribution in [0.25, 0.3) is 22.1 Å². The zero-order valence-electron chi connectivity index (χ0n) is 17.1. The minimum absolute atomic E-state index is 0.0216. The summed E-state index contributed by atoms with van der Waals surface area (Å²) in [6, 6.07) is 11.6. The van der Waals surface area contributed by atoms with Crippen molar-refractivity contribution >= 4 is 71.4 Å². The number of sulfonamides is 1. The SMILES string of the molecule is CC[C@H](Sc1nnc2c3cc(Br)ccc3n(C)c2n1)C(=O)Nc1ccc(S(N)(=O)=O)cc1. The third kappa shape index (κ3) is 4.49. The van der Waals surface area contributed by atoms with Gasteiger partial charge in [-0.3, -0.25) is 4.79 Å². The number of amides is 1. The van der Waals surface area contributed by atoms with Gasteiger partial charge in [0.25, 0.3) is 0 Å². The van der Waals surface area contributed by atoms with Gasteiger partial charge in [0, 0.05) is 22.6 Å². The molecule has 32 heavy (non-hydrogen) atoms. The molecule has 0 saturated carbocycles. The van der Waals surface area contributed by atoms with Crippen molar-refractivity contribution < 1.29 is 13.2 Å². The molecule has 3 N–H and O–H groups in total. The number of nitrogens with two attached hydrogens (primary N) is 1. The summed E-state index contributed by atoms with van der Waals surface area (Å²) in [4.78, 5) is 17.4. The van der Waals surface area contributed by atoms with Crippen LogP contribution in [0.5, 0.6) is 0 Å². The van der Waals surface area contributed by atoms with E-state index in [2.05, 4.69) is 36.4 Å². The van der Waals surface area contributed by atoms with Crippen LogP contribution in [-0.2, 0) is 21.9 Å². The number of carbonyl (C=O) groups excluding carboxylic acids is 1. The Bertz CT molecular complexity index is 1440. The molecule has 0 fully saturated rings. The first-order valence-electron chi connectivity index (χ1n) is 9.56. The largest absolute Gasteiger partial charge is 0.327 e. The molecule has 0 aliphatic heterocycles. The number of carbonyl (C=O) groups is 1. The molecule has 4 aromatic rings. The molecule has 0 radical (unpaired) electrons. The van der Waals surface area contributed by atoms with Crippen LogP contribution in [0.2, 0.25) is 0 Å². The fraction of sp³-hybridized carbons (Fsp3) is 0.200. The number of fused-ring (bicyclic) bond motifs is 3. The van der Waals surface area contributed by atoms with E-state index in [1.54, 1.807) is 0 Å². The zero-order valence-corrected chi connectivity index (χ0v) is 20.3. The van der Waals surface area contributed by atoms with Crippen molar-refractivity contribution in [1.82, 2.24) is 19.7 Å². The lowest BCUT2D eigenvalue weighted by Crippen LogP contribution is -2.25. The van der Waals surface area contributed by atoms with Crippen molar-refractivity contribution in [3.05, 3.63) is 46.9 Å². The Morgan fingerprint density at radius 3 is 2.59 bits per heavy atom. The van der Waals surface area contributed by atoms with Gasteiger partial charge in [-0.1, -0.05) is 34.6 Å². The zero-order chi connectivity index (χ0) is 23.0. The van der Waals surface area contributed by atoms with Gasteiger partial charge in [-0.15, -0.1) is 10.2 Å². The molecule has 1 amide bonds. The quantitative estimate of drug-likeness (QED) is 0.362. The molecular weight excluding hydrogens is 516 g/mol. The number of aromatic nitrogens is 4. The number of hydrogen-bond acceptors (Lipinski definition) is 7. The van der Waals surface area contributed by atoms with Crippen LogP contribution in [0.15, 0.2) is 57.0 Å². The van der Waals surface area contributed by atoms with Crippen molar-refractivity contribution in [2.24, 2.45) is 12.2 Å². The van der Waals surface area contributed by atoms with Crippen LogP contribution in [-0.4, -0.2) is 39.3 Å². The van der Waals surface area contributed by atoms with Gasteiger partial charge in [-0.25, -0.2) is 18.5 Å². The molecule has 166 valence electrons. The number of thioether (sulfide) groups is 1. The Kier molecular flexibility index (Phi) is 6.21. The lowest BCUT2D eigenvalue weighted by molar-refractivity contribution is -0.115. The molecular formula is C20H19BrN6O3S2. The number of hydrogen-bond donors (Lipinski definition) is 2. The monoisotopic (exact) mass is 534 g/mol. The Balaban J connectivity index is 1.55. The molecule has 0 aliphatic carbocycles. The van der Waals surface area contributed by atoms with Crippen LogP contribution < -0.4 is 10.5 Å². The van der Waals surface area contributed by atoms with E-state index in [9.17, 15) is 13.2 Å². The minimum Gasteiger partial charge on any atom is -0.327 e. The molecule has 1 atom stereocenters. The number of nitrogens with one attached hydrogen (secondary N) is 1. The number of primary sulfonamides is 1. The van der Waals surface area contributed by atoms with E-state index in [1.165, 1.54) is 36.0 Å². The van der Waals surface area contributed by atoms with E-state index in [0.717, 1.165) is 15.4 Å². The maximum absolute atomic E-state index is 12.8. The van der Waals surface area contributed by atoms with Crippen molar-refractivity contribution in [2.75, 3.05) is 5.32 Å². The average molecular weight is 535 g/mol. The molecule has 0 aliphatic rings. The third-order valence-corrected chi connectivity index (χ3v) is 7.54. The van der Waals surface area contributed by atoms with Gasteiger partial charge >= 0.3 is 0 Å². The molecule has 2 heterocycles. The lowest BCUT2D eigenvalue weighted by Gasteiger charge is -2.14. The molecule has 0 unspecified atom stereocenters. The highest BCUT2D eigenvalue weighted by molar-refractivity contribution is 9.10. The maximum atomic E-state index is 12.8. The molecule has 0 spiro atoms. The predicted octanol–water partition coefficient (Wildman–Crippen LogP) is 3.44. The molecule has 2 aromatic heterocycles. The van der Waals surface area contributed by atoms with Gasteiger partial charge in [0.2, 0.25) is 21.1 Å². The van der Waals surface area contributed by atoms with Gasteiger partial charge in [0.05, 0.1) is 15.7 Å². The number of halogens is 1. The van der Waals surface area contributed by atoms with E-state index in [-0.39, 0.29) is 10.8 Å². The van der Waals surface area contributed by atoms with Crippen molar-refractivity contribution in [3.63, 3.8) is 0 Å². The summed E-state index contributed by atoms with van der Waals surface area (Å²) in [5.41, 5.74) is 2.83. The summed E-state index contributed by atoms with van der Waals surface area (Å²) in [5.74, 6) is -0.245. The Morgan fingerprint density at radius 1 is 1.22 bits per heavy atom. The number of rotatable bonds is 6. The number of aryl methyl sites for hydroxylation is 1. The molecule has 12 heteroatoms. The predicted molar refractivity (Wildman–Crippen MR) is 128 cm³/mol. The van der Waals surface area contributed by atoms with E-state index >= 15 is 0 Å². The number of nitrogens with zero attached hydrogens (tertiary/aromatic N) is 4. The second-order valence-electron chi connectivity index (χ2n) is 7.06. The smallest absolute Gasteiger partial charge is 0.238 e. The highest BCUT2D eigenvalue weighted by Crippen LogP contribution is 2.30. The first kappa shape index (κ1) is 22.6. The first-order valence-corrected chi connectivity index (χ1v) is 12.8. The summed E-state index contributed by atoms with van der Waals surface area (Å²) in [6.07, 6.45) is 0.537. The third-order valence-electron chi connectivity index (χ3n) is 4.90. The van der Waals surface area contributed by atoms with E-state index < -0.39 is 15.3 Å². The molecule has 4 rings (SSSR count). The highest BCUT2D eigenvalue weighted by atomic mass is 79.9. The molecule has 0 bridgehead atoms. The Morgan fingerprint density at radius 2 is 1.94 bits per heavy atom. The van der Waals surface area contributed by atoms with Crippen LogP contribution in [0, 0.1) is 0 Å². The summed E-state index contributed by atoms with van der Waals surface area (Å²) >= 11 is 4.70. The van der Waals surface area contributed by atoms with Gasteiger partial charge in [-0.05, 0) is 48.9 Å². The summed E-state index contributed by atoms with van der Waals surface area (Å²) < 4.78 is 25.6.